The van der Waals surface area contributed by atoms with Crippen molar-refractivity contribution < 1.29 is 14.0 Å². The van der Waals surface area contributed by atoms with Crippen molar-refractivity contribution in [3.63, 3.8) is 0 Å². The fraction of sp³-hybridized carbons (Fsp3) is 0.529. The van der Waals surface area contributed by atoms with Gasteiger partial charge in [0, 0.05) is 31.9 Å². The molecule has 0 bridgehead atoms. The number of anilines is 1. The number of nitrogens with one attached hydrogen (secondary N) is 1. The Kier molecular flexibility index (Phi) is 4.99. The normalized spacial score (nSPS) is 22.2. The summed E-state index contributed by atoms with van der Waals surface area (Å²) in [7, 11) is 0. The molecule has 130 valence electrons. The molecule has 1 N–H and O–H groups in total. The molecule has 7 heteroatoms. The van der Waals surface area contributed by atoms with E-state index in [1.807, 2.05) is 6.92 Å². The summed E-state index contributed by atoms with van der Waals surface area (Å²) in [5, 5.41) is 2.75. The Hall–Kier alpha value is -2.15. The minimum Gasteiger partial charge on any atom is -0.369 e. The van der Waals surface area contributed by atoms with Crippen molar-refractivity contribution in [1.82, 2.24) is 15.1 Å². The van der Waals surface area contributed by atoms with E-state index in [0.29, 0.717) is 13.1 Å². The van der Waals surface area contributed by atoms with Gasteiger partial charge in [0.15, 0.2) is 0 Å². The molecule has 2 heterocycles. The molecule has 3 rings (SSSR count). The molecule has 0 unspecified atom stereocenters. The number of imide groups is 1. The minimum absolute atomic E-state index is 0.122. The highest BCUT2D eigenvalue weighted by Gasteiger charge is 2.38. The lowest BCUT2D eigenvalue weighted by atomic mass is 10.2. The first-order valence-corrected chi connectivity index (χ1v) is 8.43. The number of carbonyl (C=O) groups is 2. The molecule has 0 spiro atoms. The molecular weight excluding hydrogens is 311 g/mol. The summed E-state index contributed by atoms with van der Waals surface area (Å²) in [5.74, 6) is -0.361. The third-order valence-electron chi connectivity index (χ3n) is 4.59. The van der Waals surface area contributed by atoms with Gasteiger partial charge in [-0.15, -0.1) is 0 Å². The van der Waals surface area contributed by atoms with Gasteiger partial charge in [0.05, 0.1) is 6.67 Å². The van der Waals surface area contributed by atoms with Gasteiger partial charge < -0.3 is 10.2 Å². The first-order chi connectivity index (χ1) is 11.6. The lowest BCUT2D eigenvalue weighted by Crippen LogP contribution is -2.51. The highest BCUT2D eigenvalue weighted by atomic mass is 19.1. The molecule has 2 saturated heterocycles. The van der Waals surface area contributed by atoms with Crippen molar-refractivity contribution in [3.8, 4) is 0 Å². The Bertz CT molecular complexity index is 599. The highest BCUT2D eigenvalue weighted by molar-refractivity contribution is 6.04. The number of hydrogen-bond donors (Lipinski definition) is 1. The maximum atomic E-state index is 13.0. The number of halogens is 1. The van der Waals surface area contributed by atoms with E-state index < -0.39 is 0 Å². The summed E-state index contributed by atoms with van der Waals surface area (Å²) in [6, 6.07) is 5.81. The van der Waals surface area contributed by atoms with Gasteiger partial charge >= 0.3 is 6.03 Å². The molecule has 1 aromatic carbocycles. The maximum absolute atomic E-state index is 13.0. The van der Waals surface area contributed by atoms with Crippen molar-refractivity contribution in [2.24, 2.45) is 0 Å². The van der Waals surface area contributed by atoms with Crippen LogP contribution in [0.4, 0.5) is 14.9 Å². The van der Waals surface area contributed by atoms with E-state index in [4.69, 9.17) is 0 Å². The molecule has 24 heavy (non-hydrogen) atoms. The third-order valence-corrected chi connectivity index (χ3v) is 4.59. The molecule has 0 aromatic heterocycles. The van der Waals surface area contributed by atoms with Gasteiger partial charge in [0.2, 0.25) is 0 Å². The van der Waals surface area contributed by atoms with Crippen molar-refractivity contribution in [1.29, 1.82) is 0 Å². The summed E-state index contributed by atoms with van der Waals surface area (Å²) in [4.78, 5) is 29.8. The van der Waals surface area contributed by atoms with Crippen molar-refractivity contribution in [2.75, 3.05) is 37.7 Å². The van der Waals surface area contributed by atoms with Gasteiger partial charge in [-0.3, -0.25) is 9.69 Å². The van der Waals surface area contributed by atoms with Gasteiger partial charge in [-0.1, -0.05) is 13.3 Å². The maximum Gasteiger partial charge on any atom is 0.325 e. The van der Waals surface area contributed by atoms with Crippen LogP contribution in [0.1, 0.15) is 19.8 Å². The lowest BCUT2D eigenvalue weighted by molar-refractivity contribution is -0.129. The fourth-order valence-corrected chi connectivity index (χ4v) is 3.19. The number of nitrogens with zero attached hydrogens (tertiary/aromatic N) is 3. The SMILES string of the molecule is CCC[C@@H]1NC(=O)N(CN2CCN(c3ccc(F)cc3)CC2)C1=O. The summed E-state index contributed by atoms with van der Waals surface area (Å²) >= 11 is 0. The molecule has 2 aliphatic heterocycles. The van der Waals surface area contributed by atoms with Crippen LogP contribution in [-0.2, 0) is 4.79 Å². The number of urea groups is 1. The van der Waals surface area contributed by atoms with Gasteiger partial charge in [-0.25, -0.2) is 14.1 Å². The van der Waals surface area contributed by atoms with Crippen LogP contribution in [0.2, 0.25) is 0 Å². The second-order valence-corrected chi connectivity index (χ2v) is 6.28. The molecule has 0 aliphatic carbocycles. The van der Waals surface area contributed by atoms with E-state index in [-0.39, 0.29) is 23.8 Å². The average molecular weight is 334 g/mol. The number of amides is 3. The van der Waals surface area contributed by atoms with E-state index in [9.17, 15) is 14.0 Å². The highest BCUT2D eigenvalue weighted by Crippen LogP contribution is 2.18. The third kappa shape index (κ3) is 3.51. The Morgan fingerprint density at radius 2 is 1.79 bits per heavy atom. The first-order valence-electron chi connectivity index (χ1n) is 8.43. The average Bonchev–Trinajstić information content (AvgIpc) is 2.84. The van der Waals surface area contributed by atoms with Crippen molar-refractivity contribution in [3.05, 3.63) is 30.1 Å². The number of hydrogen-bond acceptors (Lipinski definition) is 4. The summed E-state index contributed by atoms with van der Waals surface area (Å²) in [6.07, 6.45) is 1.54. The molecule has 2 fully saturated rings. The van der Waals surface area contributed by atoms with E-state index in [0.717, 1.165) is 38.3 Å². The zero-order chi connectivity index (χ0) is 17.1. The van der Waals surface area contributed by atoms with Crippen LogP contribution in [0, 0.1) is 5.82 Å². The number of benzene rings is 1. The largest absolute Gasteiger partial charge is 0.369 e. The molecule has 0 saturated carbocycles. The smallest absolute Gasteiger partial charge is 0.325 e. The number of carbonyl (C=O) groups excluding carboxylic acids is 2. The molecule has 0 radical (unpaired) electrons. The van der Waals surface area contributed by atoms with Crippen LogP contribution < -0.4 is 10.2 Å². The fourth-order valence-electron chi connectivity index (χ4n) is 3.19. The molecule has 2 aliphatic rings. The van der Waals surface area contributed by atoms with E-state index in [1.54, 1.807) is 12.1 Å². The topological polar surface area (TPSA) is 55.9 Å². The summed E-state index contributed by atoms with van der Waals surface area (Å²) < 4.78 is 13.0. The van der Waals surface area contributed by atoms with Gasteiger partial charge in [-0.2, -0.15) is 0 Å². The molecule has 1 atom stereocenters. The van der Waals surface area contributed by atoms with Crippen LogP contribution in [0.3, 0.4) is 0 Å². The minimum atomic E-state index is -0.372. The Morgan fingerprint density at radius 1 is 1.12 bits per heavy atom. The van der Waals surface area contributed by atoms with Crippen molar-refractivity contribution >= 4 is 17.6 Å². The lowest BCUT2D eigenvalue weighted by Gasteiger charge is -2.37. The second kappa shape index (κ2) is 7.17. The van der Waals surface area contributed by atoms with Crippen LogP contribution in [-0.4, -0.2) is 60.6 Å². The number of piperazine rings is 1. The van der Waals surface area contributed by atoms with Crippen LogP contribution >= 0.6 is 0 Å². The van der Waals surface area contributed by atoms with E-state index >= 15 is 0 Å². The molecule has 6 nitrogen and oxygen atoms in total. The first kappa shape index (κ1) is 16.7. The van der Waals surface area contributed by atoms with Crippen LogP contribution in [0.5, 0.6) is 0 Å². The zero-order valence-corrected chi connectivity index (χ0v) is 13.9. The van der Waals surface area contributed by atoms with E-state index in [1.165, 1.54) is 17.0 Å². The Balaban J connectivity index is 1.53. The van der Waals surface area contributed by atoms with E-state index in [2.05, 4.69) is 15.1 Å². The second-order valence-electron chi connectivity index (χ2n) is 6.28. The summed E-state index contributed by atoms with van der Waals surface area (Å²) in [5.41, 5.74) is 0.994. The van der Waals surface area contributed by atoms with Gasteiger partial charge in [0.1, 0.15) is 11.9 Å². The van der Waals surface area contributed by atoms with Gasteiger partial charge in [-0.05, 0) is 30.7 Å². The molecule has 3 amide bonds. The van der Waals surface area contributed by atoms with Crippen LogP contribution in [0.25, 0.3) is 0 Å². The summed E-state index contributed by atoms with van der Waals surface area (Å²) in [6.45, 7) is 5.42. The molecule has 1 aromatic rings. The predicted octanol–water partition coefficient (Wildman–Crippen LogP) is 1.63. The Morgan fingerprint density at radius 3 is 2.42 bits per heavy atom. The monoisotopic (exact) mass is 334 g/mol. The zero-order valence-electron chi connectivity index (χ0n) is 13.9. The van der Waals surface area contributed by atoms with Crippen molar-refractivity contribution in [2.45, 2.75) is 25.8 Å². The Labute approximate surface area is 141 Å². The predicted molar refractivity (Wildman–Crippen MR) is 89.1 cm³/mol. The molecular formula is C17H23FN4O2. The van der Waals surface area contributed by atoms with Gasteiger partial charge in [0.25, 0.3) is 5.91 Å². The van der Waals surface area contributed by atoms with Crippen LogP contribution in [0.15, 0.2) is 24.3 Å². The standard InChI is InChI=1S/C17H23FN4O2/c1-2-3-15-16(23)22(17(24)19-15)12-20-8-10-21(11-9-20)14-6-4-13(18)5-7-14/h4-7,15H,2-3,8-12H2,1H3,(H,19,24)/t15-/m0/s1. The quantitative estimate of drug-likeness (QED) is 0.832. The number of rotatable bonds is 5.